The summed E-state index contributed by atoms with van der Waals surface area (Å²) in [6.07, 6.45) is 1.93. The van der Waals surface area contributed by atoms with Gasteiger partial charge in [0, 0.05) is 32.2 Å². The lowest BCUT2D eigenvalue weighted by Crippen LogP contribution is -2.23. The molecule has 102 valence electrons. The van der Waals surface area contributed by atoms with E-state index >= 15 is 0 Å². The summed E-state index contributed by atoms with van der Waals surface area (Å²) in [4.78, 5) is 9.08. The van der Waals surface area contributed by atoms with Crippen molar-refractivity contribution in [3.05, 3.63) is 11.4 Å². The molecule has 0 radical (unpaired) electrons. The number of aromatic nitrogens is 2. The second kappa shape index (κ2) is 7.16. The molecule has 0 saturated carbocycles. The van der Waals surface area contributed by atoms with Crippen molar-refractivity contribution in [1.29, 1.82) is 0 Å². The Kier molecular flexibility index (Phi) is 5.85. The number of anilines is 2. The van der Waals surface area contributed by atoms with E-state index < -0.39 is 0 Å². The molecule has 18 heavy (non-hydrogen) atoms. The van der Waals surface area contributed by atoms with Crippen molar-refractivity contribution in [3.8, 4) is 0 Å². The molecule has 5 heteroatoms. The molecule has 0 aliphatic rings. The van der Waals surface area contributed by atoms with Crippen LogP contribution in [0.3, 0.4) is 0 Å². The lowest BCUT2D eigenvalue weighted by Gasteiger charge is -2.17. The van der Waals surface area contributed by atoms with Crippen molar-refractivity contribution in [2.45, 2.75) is 39.7 Å². The minimum Gasteiger partial charge on any atom is -0.383 e. The van der Waals surface area contributed by atoms with Crippen molar-refractivity contribution in [2.24, 2.45) is 0 Å². The predicted octanol–water partition coefficient (Wildman–Crippen LogP) is 2.23. The number of aryl methyl sites for hydroxylation is 1. The maximum absolute atomic E-state index is 5.13. The highest BCUT2D eigenvalue weighted by Crippen LogP contribution is 2.20. The first kappa shape index (κ1) is 14.7. The van der Waals surface area contributed by atoms with E-state index in [0.29, 0.717) is 6.61 Å². The molecule has 1 atom stereocenters. The van der Waals surface area contributed by atoms with Crippen LogP contribution in [0.4, 0.5) is 11.6 Å². The van der Waals surface area contributed by atoms with Crippen LogP contribution in [0.1, 0.15) is 31.7 Å². The summed E-state index contributed by atoms with van der Waals surface area (Å²) in [6.45, 7) is 6.87. The molecular weight excluding hydrogens is 228 g/mol. The summed E-state index contributed by atoms with van der Waals surface area (Å²) in [7, 11) is 3.58. The van der Waals surface area contributed by atoms with Gasteiger partial charge in [0.15, 0.2) is 0 Å². The van der Waals surface area contributed by atoms with Gasteiger partial charge in [0.25, 0.3) is 0 Å². The average Bonchev–Trinajstić information content (AvgIpc) is 2.33. The monoisotopic (exact) mass is 252 g/mol. The SMILES string of the molecule is CCCc1nc(NC)c(C)c(NC(C)COC)n1. The van der Waals surface area contributed by atoms with E-state index in [0.717, 1.165) is 35.9 Å². The fourth-order valence-electron chi connectivity index (χ4n) is 1.81. The maximum Gasteiger partial charge on any atom is 0.135 e. The second-order valence-corrected chi connectivity index (χ2v) is 4.46. The van der Waals surface area contributed by atoms with Gasteiger partial charge in [0.1, 0.15) is 17.5 Å². The third-order valence-corrected chi connectivity index (χ3v) is 2.70. The first-order valence-corrected chi connectivity index (χ1v) is 6.43. The topological polar surface area (TPSA) is 59.1 Å². The van der Waals surface area contributed by atoms with Gasteiger partial charge in [0.05, 0.1) is 6.61 Å². The highest BCUT2D eigenvalue weighted by Gasteiger charge is 2.11. The largest absolute Gasteiger partial charge is 0.383 e. The van der Waals surface area contributed by atoms with E-state index in [1.165, 1.54) is 0 Å². The van der Waals surface area contributed by atoms with Crippen LogP contribution in [0.2, 0.25) is 0 Å². The fraction of sp³-hybridized carbons (Fsp3) is 0.692. The van der Waals surface area contributed by atoms with Crippen molar-refractivity contribution in [1.82, 2.24) is 9.97 Å². The summed E-state index contributed by atoms with van der Waals surface area (Å²) in [5, 5.41) is 6.49. The highest BCUT2D eigenvalue weighted by molar-refractivity contribution is 5.57. The normalized spacial score (nSPS) is 12.3. The minimum absolute atomic E-state index is 0.225. The van der Waals surface area contributed by atoms with Crippen LogP contribution in [0.5, 0.6) is 0 Å². The lowest BCUT2D eigenvalue weighted by molar-refractivity contribution is 0.190. The minimum atomic E-state index is 0.225. The molecule has 0 amide bonds. The van der Waals surface area contributed by atoms with E-state index in [1.807, 2.05) is 14.0 Å². The van der Waals surface area contributed by atoms with Crippen LogP contribution in [-0.4, -0.2) is 36.8 Å². The molecule has 1 unspecified atom stereocenters. The van der Waals surface area contributed by atoms with Gasteiger partial charge in [-0.2, -0.15) is 0 Å². The average molecular weight is 252 g/mol. The Morgan fingerprint density at radius 1 is 1.28 bits per heavy atom. The summed E-state index contributed by atoms with van der Waals surface area (Å²) in [5.41, 5.74) is 1.04. The number of nitrogens with one attached hydrogen (secondary N) is 2. The summed E-state index contributed by atoms with van der Waals surface area (Å²) in [5.74, 6) is 2.66. The Hall–Kier alpha value is -1.36. The van der Waals surface area contributed by atoms with Crippen molar-refractivity contribution in [2.75, 3.05) is 31.4 Å². The van der Waals surface area contributed by atoms with E-state index in [1.54, 1.807) is 7.11 Å². The van der Waals surface area contributed by atoms with Crippen LogP contribution in [0, 0.1) is 6.92 Å². The number of nitrogens with zero attached hydrogens (tertiary/aromatic N) is 2. The lowest BCUT2D eigenvalue weighted by atomic mass is 10.2. The first-order chi connectivity index (χ1) is 8.62. The fourth-order valence-corrected chi connectivity index (χ4v) is 1.81. The molecule has 1 rings (SSSR count). The van der Waals surface area contributed by atoms with Crippen molar-refractivity contribution in [3.63, 3.8) is 0 Å². The van der Waals surface area contributed by atoms with E-state index in [2.05, 4.69) is 34.4 Å². The second-order valence-electron chi connectivity index (χ2n) is 4.46. The molecule has 0 spiro atoms. The maximum atomic E-state index is 5.13. The molecule has 0 bridgehead atoms. The molecule has 2 N–H and O–H groups in total. The Morgan fingerprint density at radius 2 is 1.94 bits per heavy atom. The van der Waals surface area contributed by atoms with E-state index in [4.69, 9.17) is 4.74 Å². The molecule has 0 saturated heterocycles. The third-order valence-electron chi connectivity index (χ3n) is 2.70. The summed E-state index contributed by atoms with van der Waals surface area (Å²) in [6, 6.07) is 0.225. The Balaban J connectivity index is 2.96. The Labute approximate surface area is 109 Å². The number of methoxy groups -OCH3 is 1. The number of ether oxygens (including phenoxy) is 1. The zero-order valence-electron chi connectivity index (χ0n) is 12.0. The molecule has 1 heterocycles. The Morgan fingerprint density at radius 3 is 2.50 bits per heavy atom. The van der Waals surface area contributed by atoms with Gasteiger partial charge in [-0.15, -0.1) is 0 Å². The molecule has 5 nitrogen and oxygen atoms in total. The predicted molar refractivity (Wildman–Crippen MR) is 75.3 cm³/mol. The molecule has 1 aromatic rings. The van der Waals surface area contributed by atoms with Crippen LogP contribution >= 0.6 is 0 Å². The van der Waals surface area contributed by atoms with Crippen molar-refractivity contribution < 1.29 is 4.74 Å². The smallest absolute Gasteiger partial charge is 0.135 e. The van der Waals surface area contributed by atoms with E-state index in [9.17, 15) is 0 Å². The third kappa shape index (κ3) is 3.84. The number of hydrogen-bond donors (Lipinski definition) is 2. The van der Waals surface area contributed by atoms with E-state index in [-0.39, 0.29) is 6.04 Å². The Bertz CT molecular complexity index is 381. The number of rotatable bonds is 7. The van der Waals surface area contributed by atoms with Gasteiger partial charge in [0.2, 0.25) is 0 Å². The number of hydrogen-bond acceptors (Lipinski definition) is 5. The molecule has 0 fully saturated rings. The van der Waals surface area contributed by atoms with Crippen LogP contribution in [-0.2, 0) is 11.2 Å². The van der Waals surface area contributed by atoms with Crippen molar-refractivity contribution >= 4 is 11.6 Å². The van der Waals surface area contributed by atoms with Gasteiger partial charge in [-0.1, -0.05) is 6.92 Å². The molecule has 0 aliphatic heterocycles. The van der Waals surface area contributed by atoms with Gasteiger partial charge in [-0.05, 0) is 20.3 Å². The quantitative estimate of drug-likeness (QED) is 0.779. The zero-order chi connectivity index (χ0) is 13.5. The van der Waals surface area contributed by atoms with Crippen LogP contribution in [0.15, 0.2) is 0 Å². The first-order valence-electron chi connectivity index (χ1n) is 6.43. The summed E-state index contributed by atoms with van der Waals surface area (Å²) < 4.78 is 5.13. The highest BCUT2D eigenvalue weighted by atomic mass is 16.5. The van der Waals surface area contributed by atoms with Crippen LogP contribution in [0.25, 0.3) is 0 Å². The van der Waals surface area contributed by atoms with Crippen LogP contribution < -0.4 is 10.6 Å². The molecule has 0 aliphatic carbocycles. The molecular formula is C13H24N4O. The van der Waals surface area contributed by atoms with Gasteiger partial charge in [-0.25, -0.2) is 9.97 Å². The van der Waals surface area contributed by atoms with Gasteiger partial charge < -0.3 is 15.4 Å². The van der Waals surface area contributed by atoms with Gasteiger partial charge in [-0.3, -0.25) is 0 Å². The summed E-state index contributed by atoms with van der Waals surface area (Å²) >= 11 is 0. The standard InChI is InChI=1S/C13H24N4O/c1-6-7-11-16-12(14-4)10(3)13(17-11)15-9(2)8-18-5/h9H,6-8H2,1-5H3,(H2,14,15,16,17). The van der Waals surface area contributed by atoms with Gasteiger partial charge >= 0.3 is 0 Å². The molecule has 0 aromatic carbocycles. The molecule has 1 aromatic heterocycles. The zero-order valence-corrected chi connectivity index (χ0v) is 12.0.